The predicted octanol–water partition coefficient (Wildman–Crippen LogP) is 3.38. The van der Waals surface area contributed by atoms with Gasteiger partial charge in [-0.3, -0.25) is 4.68 Å². The van der Waals surface area contributed by atoms with Crippen molar-refractivity contribution in [3.63, 3.8) is 0 Å². The number of hydrogen-bond acceptors (Lipinski definition) is 2. The molecule has 1 aromatic rings. The van der Waals surface area contributed by atoms with Gasteiger partial charge in [0.25, 0.3) is 0 Å². The zero-order chi connectivity index (χ0) is 12.7. The summed E-state index contributed by atoms with van der Waals surface area (Å²) in [5.41, 5.74) is 1.33. The van der Waals surface area contributed by atoms with Crippen molar-refractivity contribution < 1.29 is 0 Å². The van der Waals surface area contributed by atoms with E-state index in [4.69, 9.17) is 0 Å². The smallest absolute Gasteiger partial charge is 0.0537 e. The second-order valence-corrected chi connectivity index (χ2v) is 4.85. The van der Waals surface area contributed by atoms with Gasteiger partial charge in [0.15, 0.2) is 0 Å². The van der Waals surface area contributed by atoms with E-state index < -0.39 is 0 Å². The molecule has 3 heteroatoms. The van der Waals surface area contributed by atoms with Crippen LogP contribution < -0.4 is 5.32 Å². The first-order chi connectivity index (χ1) is 8.22. The Labute approximate surface area is 106 Å². The molecule has 1 heterocycles. The monoisotopic (exact) mass is 237 g/mol. The minimum absolute atomic E-state index is 0.450. The molecule has 1 N–H and O–H groups in total. The second kappa shape index (κ2) is 7.49. The number of aryl methyl sites for hydroxylation is 1. The summed E-state index contributed by atoms with van der Waals surface area (Å²) in [4.78, 5) is 0. The van der Waals surface area contributed by atoms with Crippen LogP contribution in [-0.4, -0.2) is 16.3 Å². The molecule has 2 atom stereocenters. The maximum Gasteiger partial charge on any atom is 0.0537 e. The van der Waals surface area contributed by atoms with Crippen molar-refractivity contribution in [3.8, 4) is 0 Å². The van der Waals surface area contributed by atoms with E-state index >= 15 is 0 Å². The largest absolute Gasteiger partial charge is 0.310 e. The van der Waals surface area contributed by atoms with Gasteiger partial charge in [-0.25, -0.2) is 0 Å². The number of hydrogen-bond donors (Lipinski definition) is 1. The van der Waals surface area contributed by atoms with Crippen LogP contribution in [-0.2, 0) is 6.54 Å². The van der Waals surface area contributed by atoms with Gasteiger partial charge in [0, 0.05) is 24.3 Å². The first kappa shape index (κ1) is 14.2. The lowest BCUT2D eigenvalue weighted by atomic mass is 9.94. The van der Waals surface area contributed by atoms with Crippen LogP contribution in [0.1, 0.15) is 58.6 Å². The molecule has 0 saturated heterocycles. The summed E-state index contributed by atoms with van der Waals surface area (Å²) in [5.74, 6) is 0.654. The molecule has 1 aromatic heterocycles. The molecule has 2 unspecified atom stereocenters. The van der Waals surface area contributed by atoms with E-state index in [1.54, 1.807) is 0 Å². The molecule has 98 valence electrons. The molecule has 0 aliphatic rings. The lowest BCUT2D eigenvalue weighted by molar-refractivity contribution is 0.377. The van der Waals surface area contributed by atoms with Gasteiger partial charge in [0.1, 0.15) is 0 Å². The van der Waals surface area contributed by atoms with Crippen molar-refractivity contribution in [3.05, 3.63) is 18.0 Å². The lowest BCUT2D eigenvalue weighted by Crippen LogP contribution is -2.27. The van der Waals surface area contributed by atoms with Crippen LogP contribution in [0.15, 0.2) is 12.4 Å². The van der Waals surface area contributed by atoms with E-state index in [-0.39, 0.29) is 0 Å². The average Bonchev–Trinajstić information content (AvgIpc) is 2.78. The van der Waals surface area contributed by atoms with Gasteiger partial charge < -0.3 is 5.32 Å². The zero-order valence-electron chi connectivity index (χ0n) is 11.7. The maximum atomic E-state index is 4.43. The molecular weight excluding hydrogens is 210 g/mol. The Morgan fingerprint density at radius 3 is 2.65 bits per heavy atom. The third kappa shape index (κ3) is 4.15. The first-order valence-electron chi connectivity index (χ1n) is 6.98. The number of nitrogens with one attached hydrogen (secondary N) is 1. The van der Waals surface area contributed by atoms with E-state index in [1.165, 1.54) is 18.4 Å². The summed E-state index contributed by atoms with van der Waals surface area (Å²) in [6.45, 7) is 11.0. The topological polar surface area (TPSA) is 29.9 Å². The predicted molar refractivity (Wildman–Crippen MR) is 73.0 cm³/mol. The normalized spacial score (nSPS) is 14.8. The summed E-state index contributed by atoms with van der Waals surface area (Å²) in [6, 6.07) is 0.450. The van der Waals surface area contributed by atoms with Crippen LogP contribution in [0.2, 0.25) is 0 Å². The third-order valence-electron chi connectivity index (χ3n) is 3.29. The van der Waals surface area contributed by atoms with E-state index in [1.807, 2.05) is 6.20 Å². The van der Waals surface area contributed by atoms with E-state index in [9.17, 15) is 0 Å². The molecule has 0 aliphatic heterocycles. The lowest BCUT2D eigenvalue weighted by Gasteiger charge is -2.23. The van der Waals surface area contributed by atoms with E-state index in [0.717, 1.165) is 19.5 Å². The Kier molecular flexibility index (Phi) is 6.27. The molecule has 0 spiro atoms. The molecule has 1 rings (SSSR count). The van der Waals surface area contributed by atoms with Gasteiger partial charge in [-0.15, -0.1) is 0 Å². The first-order valence-corrected chi connectivity index (χ1v) is 6.98. The van der Waals surface area contributed by atoms with Gasteiger partial charge in [-0.05, 0) is 25.3 Å². The van der Waals surface area contributed by atoms with E-state index in [2.05, 4.69) is 49.0 Å². The van der Waals surface area contributed by atoms with Gasteiger partial charge >= 0.3 is 0 Å². The molecule has 0 aliphatic carbocycles. The molecule has 0 aromatic carbocycles. The Morgan fingerprint density at radius 2 is 2.06 bits per heavy atom. The number of aromatic nitrogens is 2. The summed E-state index contributed by atoms with van der Waals surface area (Å²) < 4.78 is 2.05. The number of rotatable bonds is 8. The van der Waals surface area contributed by atoms with E-state index in [0.29, 0.717) is 12.0 Å². The van der Waals surface area contributed by atoms with Crippen LogP contribution in [0.3, 0.4) is 0 Å². The molecule has 0 bridgehead atoms. The van der Waals surface area contributed by atoms with Crippen LogP contribution in [0.4, 0.5) is 0 Å². The maximum absolute atomic E-state index is 4.43. The summed E-state index contributed by atoms with van der Waals surface area (Å²) in [7, 11) is 0. The van der Waals surface area contributed by atoms with Gasteiger partial charge in [0.05, 0.1) is 6.20 Å². The van der Waals surface area contributed by atoms with Gasteiger partial charge in [0.2, 0.25) is 0 Å². The van der Waals surface area contributed by atoms with Crippen LogP contribution in [0.5, 0.6) is 0 Å². The highest BCUT2D eigenvalue weighted by Gasteiger charge is 2.18. The summed E-state index contributed by atoms with van der Waals surface area (Å²) in [6.07, 6.45) is 7.73. The minimum atomic E-state index is 0.450. The SMILES string of the molecule is CCCNC(c1cnn(CCC)c1)C(C)CC. The average molecular weight is 237 g/mol. The van der Waals surface area contributed by atoms with Crippen molar-refractivity contribution in [2.45, 2.75) is 59.5 Å². The van der Waals surface area contributed by atoms with Crippen molar-refractivity contribution in [1.29, 1.82) is 0 Å². The summed E-state index contributed by atoms with van der Waals surface area (Å²) in [5, 5.41) is 8.07. The van der Waals surface area contributed by atoms with Crippen molar-refractivity contribution in [2.24, 2.45) is 5.92 Å². The highest BCUT2D eigenvalue weighted by atomic mass is 15.3. The standard InChI is InChI=1S/C14H27N3/c1-5-8-15-14(12(4)7-3)13-10-16-17(11-13)9-6-2/h10-12,14-15H,5-9H2,1-4H3. The zero-order valence-corrected chi connectivity index (χ0v) is 11.7. The molecular formula is C14H27N3. The Balaban J connectivity index is 2.72. The van der Waals surface area contributed by atoms with Crippen molar-refractivity contribution in [1.82, 2.24) is 15.1 Å². The van der Waals surface area contributed by atoms with Crippen LogP contribution in [0.25, 0.3) is 0 Å². The molecule has 3 nitrogen and oxygen atoms in total. The molecule has 0 fully saturated rings. The Hall–Kier alpha value is -0.830. The fourth-order valence-electron chi connectivity index (χ4n) is 2.07. The minimum Gasteiger partial charge on any atom is -0.310 e. The van der Waals surface area contributed by atoms with Gasteiger partial charge in [-0.1, -0.05) is 34.1 Å². The fourth-order valence-corrected chi connectivity index (χ4v) is 2.07. The van der Waals surface area contributed by atoms with Crippen molar-refractivity contribution in [2.75, 3.05) is 6.54 Å². The quantitative estimate of drug-likeness (QED) is 0.751. The third-order valence-corrected chi connectivity index (χ3v) is 3.29. The Morgan fingerprint density at radius 1 is 1.29 bits per heavy atom. The van der Waals surface area contributed by atoms with Crippen LogP contribution in [0, 0.1) is 5.92 Å². The highest BCUT2D eigenvalue weighted by molar-refractivity contribution is 5.11. The highest BCUT2D eigenvalue weighted by Crippen LogP contribution is 2.23. The fraction of sp³-hybridized carbons (Fsp3) is 0.786. The van der Waals surface area contributed by atoms with Gasteiger partial charge in [-0.2, -0.15) is 5.10 Å². The Bertz CT molecular complexity index is 306. The molecule has 0 amide bonds. The summed E-state index contributed by atoms with van der Waals surface area (Å²) >= 11 is 0. The second-order valence-electron chi connectivity index (χ2n) is 4.85. The van der Waals surface area contributed by atoms with Crippen LogP contribution >= 0.6 is 0 Å². The molecule has 17 heavy (non-hydrogen) atoms. The molecule has 0 radical (unpaired) electrons. The van der Waals surface area contributed by atoms with Crippen molar-refractivity contribution >= 4 is 0 Å². The number of nitrogens with zero attached hydrogens (tertiary/aromatic N) is 2. The molecule has 0 saturated carbocycles.